The Morgan fingerprint density at radius 2 is 1.86 bits per heavy atom. The molecule has 2 N–H and O–H groups in total. The minimum Gasteiger partial charge on any atom is -0.493 e. The largest absolute Gasteiger partial charge is 0.493 e. The van der Waals surface area contributed by atoms with E-state index >= 15 is 0 Å². The summed E-state index contributed by atoms with van der Waals surface area (Å²) in [6.07, 6.45) is 2.27. The summed E-state index contributed by atoms with van der Waals surface area (Å²) in [5.74, 6) is 0.872. The van der Waals surface area contributed by atoms with Crippen molar-refractivity contribution in [3.63, 3.8) is 0 Å². The van der Waals surface area contributed by atoms with Gasteiger partial charge in [-0.3, -0.25) is 9.59 Å². The number of carbonyl (C=O) groups is 2. The molecule has 7 nitrogen and oxygen atoms in total. The van der Waals surface area contributed by atoms with Crippen molar-refractivity contribution in [1.82, 2.24) is 10.6 Å². The summed E-state index contributed by atoms with van der Waals surface area (Å²) in [6, 6.07) is 14.3. The van der Waals surface area contributed by atoms with Gasteiger partial charge in [0.1, 0.15) is 17.0 Å². The quantitative estimate of drug-likeness (QED) is 0.427. The van der Waals surface area contributed by atoms with Gasteiger partial charge in [0.2, 0.25) is 0 Å². The van der Waals surface area contributed by atoms with Crippen LogP contribution in [0.15, 0.2) is 59.6 Å². The van der Waals surface area contributed by atoms with Crippen LogP contribution in [0, 0.1) is 6.92 Å². The first-order valence-electron chi connectivity index (χ1n) is 11.6. The molecular weight excluding hydrogens is 476 g/mol. The number of amides is 2. The predicted molar refractivity (Wildman–Crippen MR) is 141 cm³/mol. The van der Waals surface area contributed by atoms with Crippen molar-refractivity contribution in [2.24, 2.45) is 0 Å². The summed E-state index contributed by atoms with van der Waals surface area (Å²) in [4.78, 5) is 27.6. The first kappa shape index (κ1) is 25.3. The molecule has 2 heterocycles. The SMILES string of the molecule is COc1ccc(C(=O)N/C(=C\c2cccs2)C(=O)N[C@@H]2CC(C)(C)Oc3ccc(C)cc32)cc1OC. The second kappa shape index (κ2) is 10.5. The molecule has 1 aliphatic rings. The van der Waals surface area contributed by atoms with E-state index in [1.165, 1.54) is 25.6 Å². The van der Waals surface area contributed by atoms with Crippen molar-refractivity contribution in [2.75, 3.05) is 14.2 Å². The molecule has 188 valence electrons. The van der Waals surface area contributed by atoms with Gasteiger partial charge in [-0.1, -0.05) is 23.8 Å². The van der Waals surface area contributed by atoms with Gasteiger partial charge in [-0.2, -0.15) is 0 Å². The molecule has 0 aliphatic carbocycles. The molecule has 1 atom stereocenters. The smallest absolute Gasteiger partial charge is 0.268 e. The van der Waals surface area contributed by atoms with Gasteiger partial charge in [-0.05, 0) is 62.6 Å². The highest BCUT2D eigenvalue weighted by Crippen LogP contribution is 2.40. The van der Waals surface area contributed by atoms with Crippen molar-refractivity contribution in [2.45, 2.75) is 38.8 Å². The molecule has 2 aromatic carbocycles. The van der Waals surface area contributed by atoms with E-state index in [1.54, 1.807) is 24.3 Å². The Kier molecular flexibility index (Phi) is 7.35. The number of benzene rings is 2. The van der Waals surface area contributed by atoms with Crippen LogP contribution in [-0.4, -0.2) is 31.6 Å². The summed E-state index contributed by atoms with van der Waals surface area (Å²) in [5.41, 5.74) is 2.03. The Morgan fingerprint density at radius 1 is 1.08 bits per heavy atom. The number of aryl methyl sites for hydroxylation is 1. The molecule has 0 saturated carbocycles. The van der Waals surface area contributed by atoms with Crippen molar-refractivity contribution in [3.8, 4) is 17.2 Å². The first-order chi connectivity index (χ1) is 17.2. The number of carbonyl (C=O) groups excluding carboxylic acids is 2. The summed E-state index contributed by atoms with van der Waals surface area (Å²) in [7, 11) is 3.03. The van der Waals surface area contributed by atoms with Crippen LogP contribution in [0.5, 0.6) is 17.2 Å². The highest BCUT2D eigenvalue weighted by atomic mass is 32.1. The minimum atomic E-state index is -0.458. The maximum Gasteiger partial charge on any atom is 0.268 e. The van der Waals surface area contributed by atoms with Crippen LogP contribution in [0.3, 0.4) is 0 Å². The van der Waals surface area contributed by atoms with Crippen LogP contribution >= 0.6 is 11.3 Å². The Bertz CT molecular complexity index is 1300. The van der Waals surface area contributed by atoms with Crippen molar-refractivity contribution >= 4 is 29.2 Å². The van der Waals surface area contributed by atoms with E-state index in [0.717, 1.165) is 21.8 Å². The number of rotatable bonds is 7. The van der Waals surface area contributed by atoms with E-state index in [4.69, 9.17) is 14.2 Å². The molecule has 1 aliphatic heterocycles. The summed E-state index contributed by atoms with van der Waals surface area (Å²) in [5, 5.41) is 7.84. The van der Waals surface area contributed by atoms with E-state index in [-0.39, 0.29) is 17.6 Å². The third-order valence-electron chi connectivity index (χ3n) is 5.90. The Morgan fingerprint density at radius 3 is 2.56 bits per heavy atom. The van der Waals surface area contributed by atoms with Crippen LogP contribution in [-0.2, 0) is 4.79 Å². The van der Waals surface area contributed by atoms with E-state index in [2.05, 4.69) is 10.6 Å². The lowest BCUT2D eigenvalue weighted by atomic mass is 9.89. The molecular formula is C28H30N2O5S. The predicted octanol–water partition coefficient (Wildman–Crippen LogP) is 5.26. The molecule has 0 saturated heterocycles. The van der Waals surface area contributed by atoms with E-state index in [0.29, 0.717) is 23.5 Å². The summed E-state index contributed by atoms with van der Waals surface area (Å²) >= 11 is 1.47. The molecule has 2 amide bonds. The third kappa shape index (κ3) is 5.71. The fourth-order valence-electron chi connectivity index (χ4n) is 4.18. The average molecular weight is 507 g/mol. The van der Waals surface area contributed by atoms with Crippen molar-refractivity contribution in [3.05, 3.63) is 81.2 Å². The number of hydrogen-bond acceptors (Lipinski definition) is 6. The molecule has 1 aromatic heterocycles. The number of methoxy groups -OCH3 is 2. The maximum atomic E-state index is 13.6. The molecule has 0 radical (unpaired) electrons. The summed E-state index contributed by atoms with van der Waals surface area (Å²) < 4.78 is 16.7. The van der Waals surface area contributed by atoms with Gasteiger partial charge in [0, 0.05) is 22.4 Å². The highest BCUT2D eigenvalue weighted by molar-refractivity contribution is 7.10. The number of hydrogen-bond donors (Lipinski definition) is 2. The fraction of sp³-hybridized carbons (Fsp3) is 0.286. The number of ether oxygens (including phenoxy) is 3. The highest BCUT2D eigenvalue weighted by Gasteiger charge is 2.35. The molecule has 8 heteroatoms. The van der Waals surface area contributed by atoms with Gasteiger partial charge in [0.05, 0.1) is 20.3 Å². The zero-order chi connectivity index (χ0) is 25.9. The molecule has 0 bridgehead atoms. The summed E-state index contributed by atoms with van der Waals surface area (Å²) in [6.45, 7) is 6.00. The zero-order valence-electron chi connectivity index (χ0n) is 21.0. The zero-order valence-corrected chi connectivity index (χ0v) is 21.8. The normalized spacial score (nSPS) is 16.4. The standard InChI is InChI=1S/C28H30N2O5S/c1-17-8-10-23-20(13-17)22(16-28(2,3)35-23)30-27(32)21(15-19-7-6-12-36-19)29-26(31)18-9-11-24(33-4)25(14-18)34-5/h6-15,22H,16H2,1-5H3,(H,29,31)(H,30,32)/b21-15-/t22-/m1/s1. The van der Waals surface area contributed by atoms with Crippen LogP contribution in [0.2, 0.25) is 0 Å². The van der Waals surface area contributed by atoms with Crippen LogP contribution in [0.1, 0.15) is 52.7 Å². The van der Waals surface area contributed by atoms with Gasteiger partial charge in [0.15, 0.2) is 11.5 Å². The first-order valence-corrected chi connectivity index (χ1v) is 12.5. The van der Waals surface area contributed by atoms with Crippen LogP contribution in [0.25, 0.3) is 6.08 Å². The molecule has 0 unspecified atom stereocenters. The molecule has 3 aromatic rings. The number of fused-ring (bicyclic) bond motifs is 1. The molecule has 0 spiro atoms. The van der Waals surface area contributed by atoms with Gasteiger partial charge < -0.3 is 24.8 Å². The van der Waals surface area contributed by atoms with Crippen LogP contribution < -0.4 is 24.8 Å². The van der Waals surface area contributed by atoms with Gasteiger partial charge >= 0.3 is 0 Å². The molecule has 36 heavy (non-hydrogen) atoms. The van der Waals surface area contributed by atoms with Crippen molar-refractivity contribution < 1.29 is 23.8 Å². The maximum absolute atomic E-state index is 13.6. The Hall–Kier alpha value is -3.78. The van der Waals surface area contributed by atoms with Gasteiger partial charge in [-0.25, -0.2) is 0 Å². The second-order valence-corrected chi connectivity index (χ2v) is 10.2. The van der Waals surface area contributed by atoms with E-state index in [1.807, 2.05) is 56.5 Å². The van der Waals surface area contributed by atoms with Crippen LogP contribution in [0.4, 0.5) is 0 Å². The van der Waals surface area contributed by atoms with E-state index < -0.39 is 11.5 Å². The second-order valence-electron chi connectivity index (χ2n) is 9.23. The Balaban J connectivity index is 1.62. The monoisotopic (exact) mass is 506 g/mol. The van der Waals surface area contributed by atoms with E-state index in [9.17, 15) is 9.59 Å². The number of nitrogens with one attached hydrogen (secondary N) is 2. The third-order valence-corrected chi connectivity index (χ3v) is 6.72. The minimum absolute atomic E-state index is 0.149. The lowest BCUT2D eigenvalue weighted by molar-refractivity contribution is -0.119. The number of thiophene rings is 1. The van der Waals surface area contributed by atoms with Gasteiger partial charge in [-0.15, -0.1) is 11.3 Å². The lowest BCUT2D eigenvalue weighted by Gasteiger charge is -2.38. The Labute approximate surface area is 215 Å². The van der Waals surface area contributed by atoms with Gasteiger partial charge in [0.25, 0.3) is 11.8 Å². The lowest BCUT2D eigenvalue weighted by Crippen LogP contribution is -2.43. The van der Waals surface area contributed by atoms with Crippen molar-refractivity contribution in [1.29, 1.82) is 0 Å². The molecule has 0 fully saturated rings. The fourth-order valence-corrected chi connectivity index (χ4v) is 4.84. The molecule has 4 rings (SSSR count). The average Bonchev–Trinajstić information content (AvgIpc) is 3.36. The topological polar surface area (TPSA) is 85.9 Å².